The van der Waals surface area contributed by atoms with Gasteiger partial charge in [0.05, 0.1) is 0 Å². The van der Waals surface area contributed by atoms with Crippen molar-refractivity contribution in [2.45, 2.75) is 39.2 Å². The third kappa shape index (κ3) is 3.56. The second-order valence-corrected chi connectivity index (χ2v) is 3.96. The molecule has 16 heavy (non-hydrogen) atoms. The van der Waals surface area contributed by atoms with E-state index in [2.05, 4.69) is 12.2 Å². The number of hydrogen-bond acceptors (Lipinski definition) is 1. The molecular weight excluding hydrogens is 208 g/mol. The Kier molecular flexibility index (Phi) is 5.39. The summed E-state index contributed by atoms with van der Waals surface area (Å²) in [5.41, 5.74) is 0.458. The molecule has 0 radical (unpaired) electrons. The van der Waals surface area contributed by atoms with Gasteiger partial charge in [-0.3, -0.25) is 0 Å². The minimum atomic E-state index is -0.760. The topological polar surface area (TPSA) is 12.0 Å². The standard InChI is InChI=1S/C13H19F2N/c1-3-6-11(16-4-2)9-10-7-5-8-12(14)13(10)15/h5,7-8,11,16H,3-4,6,9H2,1-2H3. The summed E-state index contributed by atoms with van der Waals surface area (Å²) in [6.07, 6.45) is 2.56. The quantitative estimate of drug-likeness (QED) is 0.786. The van der Waals surface area contributed by atoms with E-state index >= 15 is 0 Å². The second kappa shape index (κ2) is 6.59. The monoisotopic (exact) mass is 227 g/mol. The van der Waals surface area contributed by atoms with Crippen LogP contribution in [0.2, 0.25) is 0 Å². The van der Waals surface area contributed by atoms with Crippen molar-refractivity contribution in [1.82, 2.24) is 5.32 Å². The van der Waals surface area contributed by atoms with Crippen LogP contribution in [0.3, 0.4) is 0 Å². The average Bonchev–Trinajstić information content (AvgIpc) is 2.25. The zero-order valence-electron chi connectivity index (χ0n) is 9.89. The molecule has 1 aromatic carbocycles. The number of likely N-dealkylation sites (N-methyl/N-ethyl adjacent to an activating group) is 1. The van der Waals surface area contributed by atoms with Crippen LogP contribution in [0.25, 0.3) is 0 Å². The minimum Gasteiger partial charge on any atom is -0.314 e. The summed E-state index contributed by atoms with van der Waals surface area (Å²) in [4.78, 5) is 0. The van der Waals surface area contributed by atoms with Crippen molar-refractivity contribution in [2.24, 2.45) is 0 Å². The van der Waals surface area contributed by atoms with Crippen molar-refractivity contribution >= 4 is 0 Å². The van der Waals surface area contributed by atoms with Gasteiger partial charge in [0.2, 0.25) is 0 Å². The maximum Gasteiger partial charge on any atom is 0.162 e. The zero-order chi connectivity index (χ0) is 12.0. The highest BCUT2D eigenvalue weighted by Crippen LogP contribution is 2.14. The normalized spacial score (nSPS) is 12.8. The Balaban J connectivity index is 2.72. The van der Waals surface area contributed by atoms with Crippen LogP contribution in [0.5, 0.6) is 0 Å². The molecule has 1 nitrogen and oxygen atoms in total. The van der Waals surface area contributed by atoms with Crippen molar-refractivity contribution in [3.05, 3.63) is 35.4 Å². The molecule has 0 spiro atoms. The first kappa shape index (κ1) is 13.1. The number of nitrogens with one attached hydrogen (secondary N) is 1. The summed E-state index contributed by atoms with van der Waals surface area (Å²) in [5.74, 6) is -1.47. The van der Waals surface area contributed by atoms with Crippen molar-refractivity contribution in [3.63, 3.8) is 0 Å². The van der Waals surface area contributed by atoms with Crippen molar-refractivity contribution in [1.29, 1.82) is 0 Å². The molecule has 0 aliphatic rings. The molecule has 0 aliphatic carbocycles. The molecule has 1 N–H and O–H groups in total. The Morgan fingerprint density at radius 2 is 2.00 bits per heavy atom. The van der Waals surface area contributed by atoms with E-state index in [0.29, 0.717) is 12.0 Å². The third-order valence-electron chi connectivity index (χ3n) is 2.63. The number of hydrogen-bond donors (Lipinski definition) is 1. The van der Waals surface area contributed by atoms with Crippen LogP contribution >= 0.6 is 0 Å². The van der Waals surface area contributed by atoms with Gasteiger partial charge in [-0.15, -0.1) is 0 Å². The molecule has 0 amide bonds. The SMILES string of the molecule is CCCC(Cc1cccc(F)c1F)NCC. The molecule has 1 unspecified atom stereocenters. The smallest absolute Gasteiger partial charge is 0.162 e. The Morgan fingerprint density at radius 3 is 2.62 bits per heavy atom. The van der Waals surface area contributed by atoms with E-state index in [4.69, 9.17) is 0 Å². The first-order valence-electron chi connectivity index (χ1n) is 5.85. The van der Waals surface area contributed by atoms with Crippen molar-refractivity contribution < 1.29 is 8.78 Å². The largest absolute Gasteiger partial charge is 0.314 e. The van der Waals surface area contributed by atoms with Gasteiger partial charge in [0.25, 0.3) is 0 Å². The molecular formula is C13H19F2N. The molecule has 0 fully saturated rings. The molecule has 90 valence electrons. The van der Waals surface area contributed by atoms with Gasteiger partial charge in [-0.25, -0.2) is 8.78 Å². The summed E-state index contributed by atoms with van der Waals surface area (Å²) >= 11 is 0. The van der Waals surface area contributed by atoms with Crippen LogP contribution in [0.1, 0.15) is 32.3 Å². The molecule has 1 atom stereocenters. The van der Waals surface area contributed by atoms with Crippen LogP contribution in [0.15, 0.2) is 18.2 Å². The van der Waals surface area contributed by atoms with E-state index in [1.165, 1.54) is 0 Å². The molecule has 1 rings (SSSR count). The van der Waals surface area contributed by atoms with Crippen LogP contribution in [-0.4, -0.2) is 12.6 Å². The second-order valence-electron chi connectivity index (χ2n) is 3.96. The first-order valence-corrected chi connectivity index (χ1v) is 5.85. The lowest BCUT2D eigenvalue weighted by atomic mass is 10.0. The van der Waals surface area contributed by atoms with E-state index in [-0.39, 0.29) is 6.04 Å². The molecule has 0 bridgehead atoms. The molecule has 3 heteroatoms. The fourth-order valence-electron chi connectivity index (χ4n) is 1.88. The van der Waals surface area contributed by atoms with E-state index in [1.54, 1.807) is 12.1 Å². The van der Waals surface area contributed by atoms with Crippen LogP contribution in [-0.2, 0) is 6.42 Å². The lowest BCUT2D eigenvalue weighted by Crippen LogP contribution is -2.31. The van der Waals surface area contributed by atoms with Crippen molar-refractivity contribution in [2.75, 3.05) is 6.54 Å². The van der Waals surface area contributed by atoms with Crippen LogP contribution in [0, 0.1) is 11.6 Å². The van der Waals surface area contributed by atoms with Gasteiger partial charge in [-0.1, -0.05) is 32.4 Å². The Bertz CT molecular complexity index is 320. The lowest BCUT2D eigenvalue weighted by Gasteiger charge is -2.17. The maximum atomic E-state index is 13.4. The van der Waals surface area contributed by atoms with Gasteiger partial charge in [-0.05, 0) is 31.0 Å². The fraction of sp³-hybridized carbons (Fsp3) is 0.538. The maximum absolute atomic E-state index is 13.4. The van der Waals surface area contributed by atoms with Gasteiger partial charge in [0.1, 0.15) is 0 Å². The Hall–Kier alpha value is -0.960. The highest BCUT2D eigenvalue weighted by atomic mass is 19.2. The zero-order valence-corrected chi connectivity index (χ0v) is 9.89. The summed E-state index contributed by atoms with van der Waals surface area (Å²) in [6.45, 7) is 4.96. The van der Waals surface area contributed by atoms with Gasteiger partial charge in [-0.2, -0.15) is 0 Å². The Labute approximate surface area is 95.9 Å². The number of rotatable bonds is 6. The molecule has 0 aliphatic heterocycles. The number of halogens is 2. The summed E-state index contributed by atoms with van der Waals surface area (Å²) in [5, 5.41) is 3.29. The van der Waals surface area contributed by atoms with Gasteiger partial charge in [0, 0.05) is 6.04 Å². The van der Waals surface area contributed by atoms with E-state index in [1.807, 2.05) is 6.92 Å². The van der Waals surface area contributed by atoms with Gasteiger partial charge in [0.15, 0.2) is 11.6 Å². The van der Waals surface area contributed by atoms with Crippen molar-refractivity contribution in [3.8, 4) is 0 Å². The predicted molar refractivity (Wildman–Crippen MR) is 62.4 cm³/mol. The fourth-order valence-corrected chi connectivity index (χ4v) is 1.88. The highest BCUT2D eigenvalue weighted by molar-refractivity contribution is 5.20. The summed E-state index contributed by atoms with van der Waals surface area (Å²) in [7, 11) is 0. The van der Waals surface area contributed by atoms with E-state index in [9.17, 15) is 8.78 Å². The van der Waals surface area contributed by atoms with Gasteiger partial charge >= 0.3 is 0 Å². The van der Waals surface area contributed by atoms with Crippen LogP contribution in [0.4, 0.5) is 8.78 Å². The third-order valence-corrected chi connectivity index (χ3v) is 2.63. The summed E-state index contributed by atoms with van der Waals surface area (Å²) < 4.78 is 26.4. The highest BCUT2D eigenvalue weighted by Gasteiger charge is 2.12. The average molecular weight is 227 g/mol. The molecule has 0 saturated heterocycles. The minimum absolute atomic E-state index is 0.228. The molecule has 0 aromatic heterocycles. The lowest BCUT2D eigenvalue weighted by molar-refractivity contribution is 0.458. The first-order chi connectivity index (χ1) is 7.69. The van der Waals surface area contributed by atoms with Gasteiger partial charge < -0.3 is 5.32 Å². The summed E-state index contributed by atoms with van der Waals surface area (Å²) in [6, 6.07) is 4.59. The van der Waals surface area contributed by atoms with E-state index < -0.39 is 11.6 Å². The Morgan fingerprint density at radius 1 is 1.25 bits per heavy atom. The molecule has 1 aromatic rings. The van der Waals surface area contributed by atoms with E-state index in [0.717, 1.165) is 25.5 Å². The van der Waals surface area contributed by atoms with Crippen LogP contribution < -0.4 is 5.32 Å². The predicted octanol–water partition coefficient (Wildman–Crippen LogP) is 3.29. The number of benzene rings is 1. The molecule has 0 saturated carbocycles. The molecule has 0 heterocycles.